The molecule has 3 aromatic rings. The number of H-pyrrole nitrogens is 1. The number of rotatable bonds is 4. The lowest BCUT2D eigenvalue weighted by Crippen LogP contribution is -2.38. The number of ketones is 1. The number of hydrogen-bond donors (Lipinski definition) is 1. The molecule has 0 unspecified atom stereocenters. The molecule has 1 atom stereocenters. The molecule has 0 radical (unpaired) electrons. The molecule has 1 aromatic carbocycles. The first kappa shape index (κ1) is 16.0. The number of fused-ring (bicyclic) bond motifs is 1. The molecule has 2 aromatic heterocycles. The fraction of sp³-hybridized carbons (Fsp3) is 0.421. The molecule has 1 fully saturated rings. The number of piperidine rings is 1. The lowest BCUT2D eigenvalue weighted by molar-refractivity contribution is 0.0900. The Balaban J connectivity index is 1.51. The van der Waals surface area contributed by atoms with Crippen LogP contribution in [-0.4, -0.2) is 45.4 Å². The molecule has 3 heterocycles. The topological polar surface area (TPSA) is 75.0 Å². The first-order valence-electron chi connectivity index (χ1n) is 8.75. The zero-order valence-corrected chi connectivity index (χ0v) is 14.6. The largest absolute Gasteiger partial charge is 0.358 e. The van der Waals surface area contributed by atoms with Gasteiger partial charge in [0.05, 0.1) is 12.5 Å². The van der Waals surface area contributed by atoms with E-state index in [1.807, 2.05) is 38.1 Å². The zero-order valence-electron chi connectivity index (χ0n) is 14.6. The van der Waals surface area contributed by atoms with Crippen LogP contribution in [-0.2, 0) is 0 Å². The molecule has 6 nitrogen and oxygen atoms in total. The summed E-state index contributed by atoms with van der Waals surface area (Å²) in [6, 6.07) is 7.97. The SMILES string of the molecule is Cc1noc([C@@H]2CCCN(CC(=O)c3c(C)[nH]c4ccccc34)C2)n1. The Morgan fingerprint density at radius 2 is 2.20 bits per heavy atom. The number of hydrogen-bond acceptors (Lipinski definition) is 5. The summed E-state index contributed by atoms with van der Waals surface area (Å²) < 4.78 is 5.33. The Morgan fingerprint density at radius 1 is 1.36 bits per heavy atom. The summed E-state index contributed by atoms with van der Waals surface area (Å²) in [5.74, 6) is 1.74. The van der Waals surface area contributed by atoms with Crippen LogP contribution in [0, 0.1) is 13.8 Å². The number of carbonyl (C=O) groups excluding carboxylic acids is 1. The third kappa shape index (κ3) is 3.09. The molecular weight excluding hydrogens is 316 g/mol. The standard InChI is InChI=1S/C19H22N4O2/c1-12-18(15-7-3-4-8-16(15)20-12)17(24)11-23-9-5-6-14(10-23)19-21-13(2)22-25-19/h3-4,7-8,14,20H,5-6,9-11H2,1-2H3/t14-/m1/s1. The van der Waals surface area contributed by atoms with Crippen LogP contribution in [0.5, 0.6) is 0 Å². The normalized spacial score (nSPS) is 18.7. The summed E-state index contributed by atoms with van der Waals surface area (Å²) in [6.07, 6.45) is 2.06. The Morgan fingerprint density at radius 3 is 3.00 bits per heavy atom. The molecule has 130 valence electrons. The van der Waals surface area contributed by atoms with E-state index in [0.29, 0.717) is 18.3 Å². The van der Waals surface area contributed by atoms with Gasteiger partial charge in [0, 0.05) is 28.7 Å². The second-order valence-corrected chi connectivity index (χ2v) is 6.85. The molecule has 1 saturated heterocycles. The third-order valence-corrected chi connectivity index (χ3v) is 4.94. The van der Waals surface area contributed by atoms with Gasteiger partial charge < -0.3 is 9.51 Å². The van der Waals surface area contributed by atoms with Crippen molar-refractivity contribution in [2.75, 3.05) is 19.6 Å². The van der Waals surface area contributed by atoms with E-state index in [4.69, 9.17) is 4.52 Å². The third-order valence-electron chi connectivity index (χ3n) is 4.94. The molecule has 4 rings (SSSR count). The molecule has 0 aliphatic carbocycles. The highest BCUT2D eigenvalue weighted by molar-refractivity contribution is 6.10. The van der Waals surface area contributed by atoms with E-state index in [-0.39, 0.29) is 11.7 Å². The molecule has 1 aliphatic heterocycles. The second-order valence-electron chi connectivity index (χ2n) is 6.85. The van der Waals surface area contributed by atoms with Crippen molar-refractivity contribution in [2.45, 2.75) is 32.6 Å². The van der Waals surface area contributed by atoms with Gasteiger partial charge in [-0.05, 0) is 39.3 Å². The summed E-state index contributed by atoms with van der Waals surface area (Å²) in [5.41, 5.74) is 2.76. The first-order chi connectivity index (χ1) is 12.1. The number of aryl methyl sites for hydroxylation is 2. The van der Waals surface area contributed by atoms with E-state index in [1.165, 1.54) is 0 Å². The quantitative estimate of drug-likeness (QED) is 0.739. The van der Waals surface area contributed by atoms with Crippen molar-refractivity contribution in [1.29, 1.82) is 0 Å². The lowest BCUT2D eigenvalue weighted by Gasteiger charge is -2.30. The van der Waals surface area contributed by atoms with Gasteiger partial charge in [-0.2, -0.15) is 4.98 Å². The number of aromatic nitrogens is 3. The number of likely N-dealkylation sites (tertiary alicyclic amines) is 1. The van der Waals surface area contributed by atoms with Gasteiger partial charge in [0.25, 0.3) is 0 Å². The van der Waals surface area contributed by atoms with E-state index in [1.54, 1.807) is 0 Å². The van der Waals surface area contributed by atoms with Crippen molar-refractivity contribution in [3.8, 4) is 0 Å². The van der Waals surface area contributed by atoms with Gasteiger partial charge in [-0.1, -0.05) is 23.4 Å². The highest BCUT2D eigenvalue weighted by Crippen LogP contribution is 2.27. The monoisotopic (exact) mass is 338 g/mol. The minimum atomic E-state index is 0.164. The summed E-state index contributed by atoms with van der Waals surface area (Å²) in [4.78, 5) is 22.8. The minimum Gasteiger partial charge on any atom is -0.358 e. The van der Waals surface area contributed by atoms with Gasteiger partial charge in [-0.3, -0.25) is 9.69 Å². The summed E-state index contributed by atoms with van der Waals surface area (Å²) in [7, 11) is 0. The van der Waals surface area contributed by atoms with Crippen molar-refractivity contribution in [1.82, 2.24) is 20.0 Å². The van der Waals surface area contributed by atoms with E-state index in [2.05, 4.69) is 20.0 Å². The predicted molar refractivity (Wildman–Crippen MR) is 94.8 cm³/mol. The van der Waals surface area contributed by atoms with Gasteiger partial charge in [-0.15, -0.1) is 0 Å². The minimum absolute atomic E-state index is 0.164. The molecule has 0 saturated carbocycles. The van der Waals surface area contributed by atoms with Crippen molar-refractivity contribution in [3.63, 3.8) is 0 Å². The number of benzene rings is 1. The van der Waals surface area contributed by atoms with Crippen molar-refractivity contribution < 1.29 is 9.32 Å². The van der Waals surface area contributed by atoms with Gasteiger partial charge in [0.1, 0.15) is 0 Å². The Hall–Kier alpha value is -2.47. The fourth-order valence-electron chi connectivity index (χ4n) is 3.80. The molecule has 0 spiro atoms. The van der Waals surface area contributed by atoms with Crippen LogP contribution in [0.25, 0.3) is 10.9 Å². The zero-order chi connectivity index (χ0) is 17.4. The summed E-state index contributed by atoms with van der Waals surface area (Å²) in [5, 5.41) is 4.89. The number of carbonyl (C=O) groups is 1. The van der Waals surface area contributed by atoms with Crippen molar-refractivity contribution in [2.24, 2.45) is 0 Å². The molecule has 1 N–H and O–H groups in total. The average molecular weight is 338 g/mol. The van der Waals surface area contributed by atoms with Crippen LogP contribution in [0.3, 0.4) is 0 Å². The lowest BCUT2D eigenvalue weighted by atomic mass is 9.97. The van der Waals surface area contributed by atoms with Crippen LogP contribution in [0.15, 0.2) is 28.8 Å². The van der Waals surface area contributed by atoms with E-state index in [0.717, 1.165) is 48.1 Å². The van der Waals surface area contributed by atoms with Crippen molar-refractivity contribution >= 4 is 16.7 Å². The van der Waals surface area contributed by atoms with Gasteiger partial charge >= 0.3 is 0 Å². The van der Waals surface area contributed by atoms with Crippen LogP contribution in [0.4, 0.5) is 0 Å². The molecular formula is C19H22N4O2. The van der Waals surface area contributed by atoms with E-state index < -0.39 is 0 Å². The molecule has 25 heavy (non-hydrogen) atoms. The van der Waals surface area contributed by atoms with Crippen LogP contribution >= 0.6 is 0 Å². The Kier molecular flexibility index (Phi) is 4.13. The summed E-state index contributed by atoms with van der Waals surface area (Å²) in [6.45, 7) is 5.93. The average Bonchev–Trinajstić information content (AvgIpc) is 3.17. The molecule has 0 bridgehead atoms. The summed E-state index contributed by atoms with van der Waals surface area (Å²) >= 11 is 0. The highest BCUT2D eigenvalue weighted by atomic mass is 16.5. The van der Waals surface area contributed by atoms with Crippen LogP contribution in [0.1, 0.15) is 46.5 Å². The maximum Gasteiger partial charge on any atom is 0.231 e. The maximum atomic E-state index is 12.9. The molecule has 6 heteroatoms. The molecule has 0 amide bonds. The maximum absolute atomic E-state index is 12.9. The van der Waals surface area contributed by atoms with Crippen LogP contribution < -0.4 is 0 Å². The van der Waals surface area contributed by atoms with E-state index >= 15 is 0 Å². The predicted octanol–water partition coefficient (Wildman–Crippen LogP) is 3.23. The van der Waals surface area contributed by atoms with Gasteiger partial charge in [0.15, 0.2) is 11.6 Å². The first-order valence-corrected chi connectivity index (χ1v) is 8.75. The smallest absolute Gasteiger partial charge is 0.231 e. The van der Waals surface area contributed by atoms with Gasteiger partial charge in [0.2, 0.25) is 5.89 Å². The number of para-hydroxylation sites is 1. The van der Waals surface area contributed by atoms with Gasteiger partial charge in [-0.25, -0.2) is 0 Å². The fourth-order valence-corrected chi connectivity index (χ4v) is 3.80. The van der Waals surface area contributed by atoms with E-state index in [9.17, 15) is 4.79 Å². The molecule has 1 aliphatic rings. The van der Waals surface area contributed by atoms with Crippen molar-refractivity contribution in [3.05, 3.63) is 47.2 Å². The second kappa shape index (κ2) is 6.44. The number of nitrogens with one attached hydrogen (secondary N) is 1. The highest BCUT2D eigenvalue weighted by Gasteiger charge is 2.27. The number of Topliss-reactive ketones (excluding diaryl/α,β-unsaturated/α-hetero) is 1. The van der Waals surface area contributed by atoms with Crippen LogP contribution in [0.2, 0.25) is 0 Å². The number of aromatic amines is 1. The Labute approximate surface area is 146 Å². The number of nitrogens with zero attached hydrogens (tertiary/aromatic N) is 3. The Bertz CT molecular complexity index is 911.